The van der Waals surface area contributed by atoms with Crippen LogP contribution in [0.15, 0.2) is 30.3 Å². The number of carboxylic acids is 1. The van der Waals surface area contributed by atoms with Gasteiger partial charge in [0.05, 0.1) is 18.6 Å². The van der Waals surface area contributed by atoms with E-state index in [2.05, 4.69) is 0 Å². The highest BCUT2D eigenvalue weighted by Gasteiger charge is 2.20. The molecule has 4 nitrogen and oxygen atoms in total. The molecule has 2 atom stereocenters. The minimum atomic E-state index is -0.936. The lowest BCUT2D eigenvalue weighted by Gasteiger charge is -2.14. The molecule has 0 amide bonds. The molecule has 4 heteroatoms. The number of carboxylic acid groups (broad SMARTS) is 1. The molecule has 0 aliphatic rings. The zero-order valence-electron chi connectivity index (χ0n) is 12.0. The maximum Gasteiger partial charge on any atom is 0.308 e. The molecule has 112 valence electrons. The summed E-state index contributed by atoms with van der Waals surface area (Å²) in [5, 5.41) is 18.4. The smallest absolute Gasteiger partial charge is 0.308 e. The fourth-order valence-electron chi connectivity index (χ4n) is 1.93. The van der Waals surface area contributed by atoms with Gasteiger partial charge >= 0.3 is 5.97 Å². The SMILES string of the molecule is CC(C(=O)O)C(O)CCCCCCOc1ccccc1. The van der Waals surface area contributed by atoms with Crippen LogP contribution in [0.25, 0.3) is 0 Å². The Labute approximate surface area is 120 Å². The number of aliphatic hydroxyl groups is 1. The van der Waals surface area contributed by atoms with Crippen LogP contribution in [0, 0.1) is 5.92 Å². The average molecular weight is 280 g/mol. The lowest BCUT2D eigenvalue weighted by Crippen LogP contribution is -2.25. The standard InChI is InChI=1S/C16H24O4/c1-13(16(18)19)15(17)11-7-2-3-8-12-20-14-9-5-4-6-10-14/h4-6,9-10,13,15,17H,2-3,7-8,11-12H2,1H3,(H,18,19). The topological polar surface area (TPSA) is 66.8 Å². The molecule has 0 radical (unpaired) electrons. The number of para-hydroxylation sites is 1. The number of benzene rings is 1. The molecular weight excluding hydrogens is 256 g/mol. The summed E-state index contributed by atoms with van der Waals surface area (Å²) in [7, 11) is 0. The van der Waals surface area contributed by atoms with Crippen LogP contribution in [0.4, 0.5) is 0 Å². The zero-order valence-corrected chi connectivity index (χ0v) is 12.0. The molecule has 0 aliphatic heterocycles. The van der Waals surface area contributed by atoms with Crippen molar-refractivity contribution in [2.24, 2.45) is 5.92 Å². The van der Waals surface area contributed by atoms with Gasteiger partial charge in [-0.25, -0.2) is 0 Å². The molecule has 2 N–H and O–H groups in total. The first-order valence-corrected chi connectivity index (χ1v) is 7.20. The second-order valence-electron chi connectivity index (χ2n) is 5.06. The van der Waals surface area contributed by atoms with Crippen LogP contribution in [-0.4, -0.2) is 28.9 Å². The summed E-state index contributed by atoms with van der Waals surface area (Å²) < 4.78 is 5.58. The maximum absolute atomic E-state index is 10.7. The second-order valence-corrected chi connectivity index (χ2v) is 5.06. The van der Waals surface area contributed by atoms with Crippen molar-refractivity contribution in [1.29, 1.82) is 0 Å². The molecule has 2 unspecified atom stereocenters. The van der Waals surface area contributed by atoms with Crippen molar-refractivity contribution in [2.45, 2.75) is 45.1 Å². The fourth-order valence-corrected chi connectivity index (χ4v) is 1.93. The molecule has 0 aromatic heterocycles. The van der Waals surface area contributed by atoms with Crippen LogP contribution in [0.5, 0.6) is 5.75 Å². The Morgan fingerprint density at radius 2 is 1.80 bits per heavy atom. The summed E-state index contributed by atoms with van der Waals surface area (Å²) in [6.07, 6.45) is 3.65. The van der Waals surface area contributed by atoms with Crippen LogP contribution < -0.4 is 4.74 Å². The van der Waals surface area contributed by atoms with Crippen molar-refractivity contribution in [3.63, 3.8) is 0 Å². The molecule has 1 aromatic rings. The first-order valence-electron chi connectivity index (χ1n) is 7.20. The van der Waals surface area contributed by atoms with Crippen molar-refractivity contribution in [2.75, 3.05) is 6.61 Å². The highest BCUT2D eigenvalue weighted by atomic mass is 16.5. The Balaban J connectivity index is 1.99. The van der Waals surface area contributed by atoms with Gasteiger partial charge in [-0.2, -0.15) is 0 Å². The monoisotopic (exact) mass is 280 g/mol. The molecule has 0 saturated carbocycles. The molecular formula is C16H24O4. The van der Waals surface area contributed by atoms with Gasteiger partial charge in [-0.15, -0.1) is 0 Å². The van der Waals surface area contributed by atoms with Crippen molar-refractivity contribution in [1.82, 2.24) is 0 Å². The molecule has 1 rings (SSSR count). The highest BCUT2D eigenvalue weighted by molar-refractivity contribution is 5.70. The summed E-state index contributed by atoms with van der Waals surface area (Å²) in [5.74, 6) is -0.733. The van der Waals surface area contributed by atoms with E-state index in [4.69, 9.17) is 9.84 Å². The van der Waals surface area contributed by atoms with Gasteiger partial charge in [-0.1, -0.05) is 37.5 Å². The quantitative estimate of drug-likeness (QED) is 0.646. The van der Waals surface area contributed by atoms with E-state index in [0.717, 1.165) is 31.4 Å². The van der Waals surface area contributed by atoms with Crippen molar-refractivity contribution in [3.05, 3.63) is 30.3 Å². The van der Waals surface area contributed by atoms with Crippen LogP contribution in [0.2, 0.25) is 0 Å². The fraction of sp³-hybridized carbons (Fsp3) is 0.562. The first-order chi connectivity index (χ1) is 9.61. The van der Waals surface area contributed by atoms with Gasteiger partial charge in [0.1, 0.15) is 5.75 Å². The largest absolute Gasteiger partial charge is 0.494 e. The predicted octanol–water partition coefficient (Wildman–Crippen LogP) is 3.10. The van der Waals surface area contributed by atoms with Crippen LogP contribution >= 0.6 is 0 Å². The molecule has 20 heavy (non-hydrogen) atoms. The first kappa shape index (κ1) is 16.5. The van der Waals surface area contributed by atoms with Crippen LogP contribution in [0.3, 0.4) is 0 Å². The van der Waals surface area contributed by atoms with Gasteiger partial charge in [0.15, 0.2) is 0 Å². The number of aliphatic hydroxyl groups excluding tert-OH is 1. The van der Waals surface area contributed by atoms with Crippen LogP contribution in [-0.2, 0) is 4.79 Å². The molecule has 1 aromatic carbocycles. The molecule has 0 bridgehead atoms. The van der Waals surface area contributed by atoms with Gasteiger partial charge in [0.25, 0.3) is 0 Å². The second kappa shape index (κ2) is 9.37. The Hall–Kier alpha value is -1.55. The highest BCUT2D eigenvalue weighted by Crippen LogP contribution is 2.13. The van der Waals surface area contributed by atoms with Gasteiger partial charge < -0.3 is 14.9 Å². The minimum absolute atomic E-state index is 0.549. The lowest BCUT2D eigenvalue weighted by molar-refractivity contribution is -0.144. The summed E-state index contributed by atoms with van der Waals surface area (Å²) in [5.41, 5.74) is 0. The summed E-state index contributed by atoms with van der Waals surface area (Å²) >= 11 is 0. The number of ether oxygens (including phenoxy) is 1. The number of hydrogen-bond acceptors (Lipinski definition) is 3. The van der Waals surface area contributed by atoms with E-state index in [1.165, 1.54) is 0 Å². The maximum atomic E-state index is 10.7. The van der Waals surface area contributed by atoms with E-state index < -0.39 is 18.0 Å². The van der Waals surface area contributed by atoms with Crippen LogP contribution in [0.1, 0.15) is 39.0 Å². The van der Waals surface area contributed by atoms with Crippen molar-refractivity contribution < 1.29 is 19.7 Å². The Morgan fingerprint density at radius 1 is 1.15 bits per heavy atom. The van der Waals surface area contributed by atoms with E-state index in [1.807, 2.05) is 30.3 Å². The van der Waals surface area contributed by atoms with Gasteiger partial charge in [0.2, 0.25) is 0 Å². The molecule has 0 fully saturated rings. The number of hydrogen-bond donors (Lipinski definition) is 2. The van der Waals surface area contributed by atoms with E-state index in [-0.39, 0.29) is 0 Å². The minimum Gasteiger partial charge on any atom is -0.494 e. The molecule has 0 spiro atoms. The zero-order chi connectivity index (χ0) is 14.8. The number of aliphatic carboxylic acids is 1. The third kappa shape index (κ3) is 6.57. The van der Waals surface area contributed by atoms with E-state index in [1.54, 1.807) is 6.92 Å². The predicted molar refractivity (Wildman–Crippen MR) is 77.8 cm³/mol. The van der Waals surface area contributed by atoms with E-state index in [0.29, 0.717) is 13.0 Å². The summed E-state index contributed by atoms with van der Waals surface area (Å²) in [4.78, 5) is 10.7. The Bertz CT molecular complexity index is 377. The summed E-state index contributed by atoms with van der Waals surface area (Å²) in [6.45, 7) is 2.23. The lowest BCUT2D eigenvalue weighted by atomic mass is 9.99. The number of unbranched alkanes of at least 4 members (excludes halogenated alkanes) is 3. The molecule has 0 heterocycles. The van der Waals surface area contributed by atoms with Gasteiger partial charge in [-0.05, 0) is 31.9 Å². The van der Waals surface area contributed by atoms with Gasteiger partial charge in [-0.3, -0.25) is 4.79 Å². The normalized spacial score (nSPS) is 13.7. The summed E-state index contributed by atoms with van der Waals surface area (Å²) in [6, 6.07) is 9.71. The number of rotatable bonds is 10. The van der Waals surface area contributed by atoms with E-state index >= 15 is 0 Å². The number of carbonyl (C=O) groups is 1. The van der Waals surface area contributed by atoms with Crippen molar-refractivity contribution >= 4 is 5.97 Å². The molecule has 0 saturated heterocycles. The Morgan fingerprint density at radius 3 is 2.45 bits per heavy atom. The Kier molecular flexibility index (Phi) is 7.73. The molecule has 0 aliphatic carbocycles. The van der Waals surface area contributed by atoms with Crippen molar-refractivity contribution in [3.8, 4) is 5.75 Å². The third-order valence-corrected chi connectivity index (χ3v) is 3.37. The van der Waals surface area contributed by atoms with Gasteiger partial charge in [0, 0.05) is 0 Å². The third-order valence-electron chi connectivity index (χ3n) is 3.37. The van der Waals surface area contributed by atoms with E-state index in [9.17, 15) is 9.90 Å². The average Bonchev–Trinajstić information content (AvgIpc) is 2.46.